The van der Waals surface area contributed by atoms with Gasteiger partial charge in [0.25, 0.3) is 11.6 Å². The van der Waals surface area contributed by atoms with Gasteiger partial charge in [0.15, 0.2) is 0 Å². The Morgan fingerprint density at radius 3 is 2.62 bits per heavy atom. The van der Waals surface area contributed by atoms with Gasteiger partial charge in [-0.1, -0.05) is 49.0 Å². The Balaban J connectivity index is 1.81. The number of benzene rings is 1. The molecule has 0 spiro atoms. The molecule has 2 aliphatic rings. The van der Waals surface area contributed by atoms with E-state index in [9.17, 15) is 24.3 Å². The van der Waals surface area contributed by atoms with E-state index in [1.165, 1.54) is 18.9 Å². The second-order valence-electron chi connectivity index (χ2n) is 6.38. The number of carbonyl (C=O) groups is 4. The van der Waals surface area contributed by atoms with Gasteiger partial charge in [0.05, 0.1) is 0 Å². The molecule has 2 atom stereocenters. The number of carboxylic acid groups (broad SMARTS) is 1. The van der Waals surface area contributed by atoms with Crippen molar-refractivity contribution in [1.29, 1.82) is 0 Å². The van der Waals surface area contributed by atoms with Crippen LogP contribution in [0.4, 0.5) is 0 Å². The Labute approximate surface area is 176 Å². The summed E-state index contributed by atoms with van der Waals surface area (Å²) in [5.74, 6) is -1.79. The van der Waals surface area contributed by atoms with Crippen LogP contribution >= 0.6 is 23.5 Å². The van der Waals surface area contributed by atoms with Crippen molar-refractivity contribution in [3.8, 4) is 0 Å². The van der Waals surface area contributed by atoms with E-state index in [1.807, 2.05) is 0 Å². The lowest BCUT2D eigenvalue weighted by atomic mass is 9.98. The van der Waals surface area contributed by atoms with Gasteiger partial charge in [-0.15, -0.1) is 11.8 Å². The molecule has 2 aliphatic heterocycles. The van der Waals surface area contributed by atoms with Crippen molar-refractivity contribution in [2.24, 2.45) is 0 Å². The van der Waals surface area contributed by atoms with E-state index in [0.717, 1.165) is 16.7 Å². The fraction of sp³-hybridized carbons (Fsp3) is 0.368. The number of rotatable bonds is 7. The largest absolute Gasteiger partial charge is 0.477 e. The number of fused-ring (bicyclic) bond motifs is 1. The molecule has 8 nitrogen and oxygen atoms in total. The van der Waals surface area contributed by atoms with Gasteiger partial charge in [0.2, 0.25) is 11.0 Å². The smallest absolute Gasteiger partial charge is 0.352 e. The Hall–Kier alpha value is -2.30. The molecule has 1 fully saturated rings. The van der Waals surface area contributed by atoms with Crippen molar-refractivity contribution in [3.63, 3.8) is 0 Å². The van der Waals surface area contributed by atoms with Crippen LogP contribution in [0.3, 0.4) is 0 Å². The second kappa shape index (κ2) is 8.60. The number of β-lactam (4-membered cyclic amide) rings is 1. The first-order chi connectivity index (χ1) is 13.9. The van der Waals surface area contributed by atoms with Crippen molar-refractivity contribution >= 4 is 46.4 Å². The van der Waals surface area contributed by atoms with Crippen LogP contribution in [0.2, 0.25) is 0 Å². The molecule has 0 saturated carbocycles. The summed E-state index contributed by atoms with van der Waals surface area (Å²) < 4.78 is 5.33. The normalized spacial score (nSPS) is 23.3. The van der Waals surface area contributed by atoms with Crippen molar-refractivity contribution in [2.75, 3.05) is 18.6 Å². The molecule has 2 N–H and O–H groups in total. The highest BCUT2D eigenvalue weighted by Gasteiger charge is 2.66. The maximum absolute atomic E-state index is 12.8. The Morgan fingerprint density at radius 1 is 1.34 bits per heavy atom. The minimum absolute atomic E-state index is 0.148. The summed E-state index contributed by atoms with van der Waals surface area (Å²) in [4.78, 5) is 50.0. The van der Waals surface area contributed by atoms with E-state index in [0.29, 0.717) is 16.9 Å². The van der Waals surface area contributed by atoms with Crippen LogP contribution in [-0.2, 0) is 19.1 Å². The lowest BCUT2D eigenvalue weighted by Gasteiger charge is -2.55. The first-order valence-electron chi connectivity index (χ1n) is 8.84. The minimum Gasteiger partial charge on any atom is -0.477 e. The van der Waals surface area contributed by atoms with Crippen LogP contribution in [-0.4, -0.2) is 62.6 Å². The van der Waals surface area contributed by atoms with E-state index >= 15 is 0 Å². The molecule has 3 rings (SSSR count). The predicted octanol–water partition coefficient (Wildman–Crippen LogP) is 1.68. The zero-order chi connectivity index (χ0) is 21.2. The van der Waals surface area contributed by atoms with Gasteiger partial charge in [-0.05, 0) is 5.57 Å². The third kappa shape index (κ3) is 3.79. The highest BCUT2D eigenvalue weighted by Crippen LogP contribution is 2.47. The van der Waals surface area contributed by atoms with Gasteiger partial charge in [-0.3, -0.25) is 19.3 Å². The number of aliphatic carboxylic acids is 1. The molecule has 2 heterocycles. The zero-order valence-corrected chi connectivity index (χ0v) is 17.5. The van der Waals surface area contributed by atoms with E-state index < -0.39 is 23.0 Å². The first kappa shape index (κ1) is 21.4. The Bertz CT molecular complexity index is 888. The quantitative estimate of drug-likeness (QED) is 0.490. The van der Waals surface area contributed by atoms with E-state index in [4.69, 9.17) is 4.74 Å². The molecule has 29 heavy (non-hydrogen) atoms. The summed E-state index contributed by atoms with van der Waals surface area (Å²) in [6, 6.07) is 8.69. The molecule has 0 radical (unpaired) electrons. The number of carbonyl (C=O) groups excluding carboxylic acids is 3. The fourth-order valence-corrected chi connectivity index (χ4v) is 5.57. The SMILES string of the molecule is CCC(=O)NC1(OC)C(=O)N2C(C(=O)O)=C(CSC(=O)c3ccccc3)CS[C@@H]21. The number of ether oxygens (including phenoxy) is 1. The molecular weight excluding hydrogens is 416 g/mol. The Kier molecular flexibility index (Phi) is 6.35. The topological polar surface area (TPSA) is 113 Å². The predicted molar refractivity (Wildman–Crippen MR) is 109 cm³/mol. The number of amides is 2. The lowest BCUT2D eigenvalue weighted by molar-refractivity contribution is -0.192. The number of carboxylic acids is 1. The van der Waals surface area contributed by atoms with Gasteiger partial charge >= 0.3 is 5.97 Å². The number of hydrogen-bond acceptors (Lipinski definition) is 7. The summed E-state index contributed by atoms with van der Waals surface area (Å²) in [6.45, 7) is 1.65. The number of hydrogen-bond donors (Lipinski definition) is 2. The third-order valence-corrected chi connectivity index (χ3v) is 7.03. The maximum Gasteiger partial charge on any atom is 0.352 e. The minimum atomic E-state index is -1.57. The van der Waals surface area contributed by atoms with Crippen LogP contribution in [0.15, 0.2) is 41.6 Å². The molecule has 10 heteroatoms. The number of nitrogens with one attached hydrogen (secondary N) is 1. The molecule has 0 bridgehead atoms. The zero-order valence-electron chi connectivity index (χ0n) is 15.8. The molecule has 1 aromatic carbocycles. The van der Waals surface area contributed by atoms with Gasteiger partial charge in [-0.2, -0.15) is 0 Å². The van der Waals surface area contributed by atoms with E-state index in [-0.39, 0.29) is 28.9 Å². The van der Waals surface area contributed by atoms with E-state index in [2.05, 4.69) is 5.32 Å². The molecule has 154 valence electrons. The van der Waals surface area contributed by atoms with Crippen LogP contribution in [0.25, 0.3) is 0 Å². The summed E-state index contributed by atoms with van der Waals surface area (Å²) in [5.41, 5.74) is -0.716. The van der Waals surface area contributed by atoms with Crippen molar-refractivity contribution in [1.82, 2.24) is 10.2 Å². The number of nitrogens with zero attached hydrogens (tertiary/aromatic N) is 1. The first-order valence-corrected chi connectivity index (χ1v) is 10.9. The summed E-state index contributed by atoms with van der Waals surface area (Å²) in [6.07, 6.45) is 0.168. The number of methoxy groups -OCH3 is 1. The lowest BCUT2D eigenvalue weighted by Crippen LogP contribution is -2.80. The van der Waals surface area contributed by atoms with E-state index in [1.54, 1.807) is 37.3 Å². The molecule has 0 aliphatic carbocycles. The molecule has 1 unspecified atom stereocenters. The summed E-state index contributed by atoms with van der Waals surface area (Å²) >= 11 is 2.29. The van der Waals surface area contributed by atoms with Gasteiger partial charge in [0.1, 0.15) is 11.1 Å². The molecule has 1 aromatic rings. The van der Waals surface area contributed by atoms with Gasteiger partial charge in [-0.25, -0.2) is 4.79 Å². The van der Waals surface area contributed by atoms with Gasteiger partial charge < -0.3 is 15.2 Å². The molecule has 0 aromatic heterocycles. The average Bonchev–Trinajstić information content (AvgIpc) is 2.74. The third-order valence-electron chi connectivity index (χ3n) is 4.67. The van der Waals surface area contributed by atoms with Crippen LogP contribution in [0, 0.1) is 0 Å². The van der Waals surface area contributed by atoms with Crippen molar-refractivity contribution < 1.29 is 29.0 Å². The average molecular weight is 437 g/mol. The highest BCUT2D eigenvalue weighted by atomic mass is 32.2. The summed E-state index contributed by atoms with van der Waals surface area (Å²) in [5, 5.41) is 11.4. The monoisotopic (exact) mass is 436 g/mol. The van der Waals surface area contributed by atoms with Crippen LogP contribution < -0.4 is 5.32 Å². The van der Waals surface area contributed by atoms with Crippen LogP contribution in [0.1, 0.15) is 23.7 Å². The fourth-order valence-electron chi connectivity index (χ4n) is 3.16. The van der Waals surface area contributed by atoms with Crippen molar-refractivity contribution in [2.45, 2.75) is 24.4 Å². The summed E-state index contributed by atoms with van der Waals surface area (Å²) in [7, 11) is 1.31. The second-order valence-corrected chi connectivity index (χ2v) is 8.40. The van der Waals surface area contributed by atoms with Crippen LogP contribution in [0.5, 0.6) is 0 Å². The van der Waals surface area contributed by atoms with Crippen molar-refractivity contribution in [3.05, 3.63) is 47.2 Å². The Morgan fingerprint density at radius 2 is 2.03 bits per heavy atom. The number of thioether (sulfide) groups is 2. The maximum atomic E-state index is 12.8. The standard InChI is InChI=1S/C19H20N2O6S2/c1-3-13(22)20-19(27-2)17(26)21-14(15(23)24)12(10-29-18(19)21)9-28-16(25)11-7-5-4-6-8-11/h4-8,18H,3,9-10H2,1-2H3,(H,20,22)(H,23,24)/t18-,19?/m1/s1. The molecule has 1 saturated heterocycles. The highest BCUT2D eigenvalue weighted by molar-refractivity contribution is 8.14. The molecule has 2 amide bonds. The van der Waals surface area contributed by atoms with Gasteiger partial charge in [0, 0.05) is 30.6 Å². The molecular formula is C19H20N2O6S2.